The van der Waals surface area contributed by atoms with Crippen LogP contribution in [0.4, 0.5) is 0 Å². The molecule has 2 heteroatoms. The predicted molar refractivity (Wildman–Crippen MR) is 116 cm³/mol. The van der Waals surface area contributed by atoms with Gasteiger partial charge in [-0.3, -0.25) is 0 Å². The second-order valence-corrected chi connectivity index (χ2v) is 7.54. The molecule has 5 rings (SSSR count). The summed E-state index contributed by atoms with van der Waals surface area (Å²) >= 11 is 1.74. The van der Waals surface area contributed by atoms with E-state index in [-0.39, 0.29) is 0 Å². The molecule has 5 aromatic rings. The molecule has 0 bridgehead atoms. The molecule has 1 heterocycles. The zero-order valence-electron chi connectivity index (χ0n) is 14.7. The minimum Gasteiger partial charge on any atom is -0.236 e. The van der Waals surface area contributed by atoms with Crippen LogP contribution in [0.5, 0.6) is 0 Å². The SMILES string of the molecule is c1ccc(-c2ccc(-c3cccc(-c4nc5ccccc5s4)c3)cc2)cc1. The zero-order chi connectivity index (χ0) is 18.1. The lowest BCUT2D eigenvalue weighted by Gasteiger charge is -2.06. The number of benzene rings is 4. The van der Waals surface area contributed by atoms with Gasteiger partial charge in [0.15, 0.2) is 0 Å². The second-order valence-electron chi connectivity index (χ2n) is 6.51. The number of hydrogen-bond donors (Lipinski definition) is 0. The monoisotopic (exact) mass is 363 g/mol. The smallest absolute Gasteiger partial charge is 0.124 e. The Balaban J connectivity index is 1.50. The molecule has 0 amide bonds. The molecule has 1 aromatic heterocycles. The number of fused-ring (bicyclic) bond motifs is 1. The van der Waals surface area contributed by atoms with Crippen LogP contribution in [0, 0.1) is 0 Å². The molecule has 0 aliphatic carbocycles. The van der Waals surface area contributed by atoms with Gasteiger partial charge in [0.25, 0.3) is 0 Å². The molecule has 0 unspecified atom stereocenters. The first-order valence-corrected chi connectivity index (χ1v) is 9.80. The summed E-state index contributed by atoms with van der Waals surface area (Å²) in [6.45, 7) is 0. The first-order valence-electron chi connectivity index (χ1n) is 8.99. The van der Waals surface area contributed by atoms with E-state index in [4.69, 9.17) is 4.98 Å². The van der Waals surface area contributed by atoms with E-state index < -0.39 is 0 Å². The van der Waals surface area contributed by atoms with Crippen LogP contribution in [-0.2, 0) is 0 Å². The van der Waals surface area contributed by atoms with E-state index in [2.05, 4.69) is 91.0 Å². The first kappa shape index (κ1) is 16.0. The summed E-state index contributed by atoms with van der Waals surface area (Å²) < 4.78 is 1.23. The van der Waals surface area contributed by atoms with E-state index in [1.165, 1.54) is 32.5 Å². The molecule has 0 fully saturated rings. The molecule has 4 aromatic carbocycles. The van der Waals surface area contributed by atoms with Crippen molar-refractivity contribution in [1.82, 2.24) is 4.98 Å². The fourth-order valence-electron chi connectivity index (χ4n) is 3.31. The van der Waals surface area contributed by atoms with Crippen LogP contribution in [0.25, 0.3) is 43.0 Å². The number of thiazole rings is 1. The average Bonchev–Trinajstić information content (AvgIpc) is 3.19. The standard InChI is InChI=1S/C25H17NS/c1-2-7-18(8-3-1)19-13-15-20(16-14-19)21-9-6-10-22(17-21)25-26-23-11-4-5-12-24(23)27-25/h1-17H. The molecule has 0 saturated carbocycles. The first-order chi connectivity index (χ1) is 13.4. The molecule has 1 nitrogen and oxygen atoms in total. The Hall–Kier alpha value is -3.23. The van der Waals surface area contributed by atoms with Crippen molar-refractivity contribution in [3.63, 3.8) is 0 Å². The highest BCUT2D eigenvalue weighted by molar-refractivity contribution is 7.21. The van der Waals surface area contributed by atoms with E-state index in [1.54, 1.807) is 11.3 Å². The molecule has 0 N–H and O–H groups in total. The number of nitrogens with zero attached hydrogens (tertiary/aromatic N) is 1. The van der Waals surface area contributed by atoms with E-state index in [9.17, 15) is 0 Å². The summed E-state index contributed by atoms with van der Waals surface area (Å²) in [5.41, 5.74) is 7.15. The molecule has 27 heavy (non-hydrogen) atoms. The van der Waals surface area contributed by atoms with Gasteiger partial charge in [0, 0.05) is 5.56 Å². The molecule has 0 spiro atoms. The van der Waals surface area contributed by atoms with Gasteiger partial charge >= 0.3 is 0 Å². The van der Waals surface area contributed by atoms with Crippen LogP contribution in [0.1, 0.15) is 0 Å². The van der Waals surface area contributed by atoms with Gasteiger partial charge in [0.05, 0.1) is 10.2 Å². The Bertz CT molecular complexity index is 1170. The van der Waals surface area contributed by atoms with E-state index in [0.29, 0.717) is 0 Å². The number of aromatic nitrogens is 1. The van der Waals surface area contributed by atoms with Crippen molar-refractivity contribution in [1.29, 1.82) is 0 Å². The minimum absolute atomic E-state index is 1.06. The van der Waals surface area contributed by atoms with Crippen LogP contribution in [0.15, 0.2) is 103 Å². The number of rotatable bonds is 3. The largest absolute Gasteiger partial charge is 0.236 e. The lowest BCUT2D eigenvalue weighted by molar-refractivity contribution is 1.47. The predicted octanol–water partition coefficient (Wildman–Crippen LogP) is 7.30. The summed E-state index contributed by atoms with van der Waals surface area (Å²) in [7, 11) is 0. The van der Waals surface area contributed by atoms with Gasteiger partial charge in [-0.25, -0.2) is 4.98 Å². The van der Waals surface area contributed by atoms with Crippen molar-refractivity contribution < 1.29 is 0 Å². The van der Waals surface area contributed by atoms with Crippen LogP contribution in [0.3, 0.4) is 0 Å². The van der Waals surface area contributed by atoms with E-state index >= 15 is 0 Å². The number of hydrogen-bond acceptors (Lipinski definition) is 2. The summed E-state index contributed by atoms with van der Waals surface area (Å²) in [5, 5.41) is 1.07. The Kier molecular flexibility index (Phi) is 4.04. The Morgan fingerprint density at radius 3 is 1.85 bits per heavy atom. The van der Waals surface area contributed by atoms with Gasteiger partial charge in [-0.2, -0.15) is 0 Å². The fraction of sp³-hybridized carbons (Fsp3) is 0. The minimum atomic E-state index is 1.06. The fourth-order valence-corrected chi connectivity index (χ4v) is 4.28. The quantitative estimate of drug-likeness (QED) is 0.328. The van der Waals surface area contributed by atoms with Crippen molar-refractivity contribution >= 4 is 21.6 Å². The third kappa shape index (κ3) is 3.16. The van der Waals surface area contributed by atoms with Gasteiger partial charge in [-0.05, 0) is 40.5 Å². The highest BCUT2D eigenvalue weighted by Crippen LogP contribution is 2.33. The Morgan fingerprint density at radius 2 is 1.07 bits per heavy atom. The van der Waals surface area contributed by atoms with E-state index in [0.717, 1.165) is 10.5 Å². The summed E-state index contributed by atoms with van der Waals surface area (Å²) in [6, 6.07) is 36.2. The summed E-state index contributed by atoms with van der Waals surface area (Å²) in [4.78, 5) is 4.79. The molecule has 0 saturated heterocycles. The molecule has 0 aliphatic heterocycles. The highest BCUT2D eigenvalue weighted by Gasteiger charge is 2.07. The summed E-state index contributed by atoms with van der Waals surface area (Å²) in [6.07, 6.45) is 0. The van der Waals surface area contributed by atoms with Crippen molar-refractivity contribution in [3.8, 4) is 32.8 Å². The molecule has 0 atom stereocenters. The lowest BCUT2D eigenvalue weighted by atomic mass is 9.99. The maximum Gasteiger partial charge on any atom is 0.124 e. The van der Waals surface area contributed by atoms with Crippen molar-refractivity contribution in [2.24, 2.45) is 0 Å². The molecule has 128 valence electrons. The summed E-state index contributed by atoms with van der Waals surface area (Å²) in [5.74, 6) is 0. The van der Waals surface area contributed by atoms with Crippen LogP contribution < -0.4 is 0 Å². The van der Waals surface area contributed by atoms with Crippen LogP contribution in [0.2, 0.25) is 0 Å². The molecule has 0 aliphatic rings. The van der Waals surface area contributed by atoms with Gasteiger partial charge in [-0.1, -0.05) is 84.9 Å². The normalized spacial score (nSPS) is 11.0. The van der Waals surface area contributed by atoms with Gasteiger partial charge < -0.3 is 0 Å². The van der Waals surface area contributed by atoms with Gasteiger partial charge in [0.1, 0.15) is 5.01 Å². The Labute approximate surface area is 162 Å². The van der Waals surface area contributed by atoms with Crippen molar-refractivity contribution in [3.05, 3.63) is 103 Å². The second kappa shape index (κ2) is 6.82. The third-order valence-electron chi connectivity index (χ3n) is 4.73. The maximum absolute atomic E-state index is 4.79. The lowest BCUT2D eigenvalue weighted by Crippen LogP contribution is -1.82. The van der Waals surface area contributed by atoms with Gasteiger partial charge in [-0.15, -0.1) is 11.3 Å². The van der Waals surface area contributed by atoms with Crippen molar-refractivity contribution in [2.45, 2.75) is 0 Å². The van der Waals surface area contributed by atoms with Crippen molar-refractivity contribution in [2.75, 3.05) is 0 Å². The van der Waals surface area contributed by atoms with E-state index in [1.807, 2.05) is 12.1 Å². The zero-order valence-corrected chi connectivity index (χ0v) is 15.5. The molecular weight excluding hydrogens is 346 g/mol. The molecular formula is C25H17NS. The molecule has 0 radical (unpaired) electrons. The van der Waals surface area contributed by atoms with Gasteiger partial charge in [0.2, 0.25) is 0 Å². The number of para-hydroxylation sites is 1. The topological polar surface area (TPSA) is 12.9 Å². The van der Waals surface area contributed by atoms with Crippen LogP contribution >= 0.6 is 11.3 Å². The average molecular weight is 363 g/mol. The maximum atomic E-state index is 4.79. The van der Waals surface area contributed by atoms with Crippen LogP contribution in [-0.4, -0.2) is 4.98 Å². The third-order valence-corrected chi connectivity index (χ3v) is 5.81. The highest BCUT2D eigenvalue weighted by atomic mass is 32.1. The Morgan fingerprint density at radius 1 is 0.481 bits per heavy atom.